The average molecular weight is 499 g/mol. The standard InChI is InChI=1S/C23H38N4O6S/c1-8-34(30,31)25-18-9-10-20-19(11-18)22(28)26(6)13-21(32-7)16(4)12-27(17(5)14-33-20)23(29)24-15(2)3/h9-11,15-17,21,25H,8,12-14H2,1-7H3,(H,24,29)/t16-,17-,21+/m1/s1. The van der Waals surface area contributed by atoms with Crippen LogP contribution >= 0.6 is 0 Å². The second-order valence-electron chi connectivity index (χ2n) is 9.07. The first-order valence-corrected chi connectivity index (χ1v) is 13.2. The van der Waals surface area contributed by atoms with Crippen LogP contribution < -0.4 is 14.8 Å². The number of fused-ring (bicyclic) bond motifs is 1. The number of urea groups is 1. The van der Waals surface area contributed by atoms with Crippen molar-refractivity contribution < 1.29 is 27.5 Å². The summed E-state index contributed by atoms with van der Waals surface area (Å²) in [5, 5.41) is 2.94. The number of benzene rings is 1. The third-order valence-electron chi connectivity index (χ3n) is 5.77. The molecule has 2 rings (SSSR count). The molecule has 0 fully saturated rings. The average Bonchev–Trinajstić information content (AvgIpc) is 2.77. The van der Waals surface area contributed by atoms with Gasteiger partial charge in [0.1, 0.15) is 12.4 Å². The van der Waals surface area contributed by atoms with E-state index < -0.39 is 10.0 Å². The number of hydrogen-bond acceptors (Lipinski definition) is 6. The first kappa shape index (κ1) is 27.7. The van der Waals surface area contributed by atoms with Crippen molar-refractivity contribution in [3.05, 3.63) is 23.8 Å². The van der Waals surface area contributed by atoms with Gasteiger partial charge >= 0.3 is 6.03 Å². The molecule has 1 aromatic rings. The molecule has 1 aromatic carbocycles. The van der Waals surface area contributed by atoms with Gasteiger partial charge in [0.2, 0.25) is 10.0 Å². The summed E-state index contributed by atoms with van der Waals surface area (Å²) in [7, 11) is -0.269. The molecule has 1 aliphatic rings. The van der Waals surface area contributed by atoms with Gasteiger partial charge in [0.05, 0.1) is 23.5 Å². The lowest BCUT2D eigenvalue weighted by Crippen LogP contribution is -2.52. The summed E-state index contributed by atoms with van der Waals surface area (Å²) in [6.45, 7) is 10.1. The van der Waals surface area contributed by atoms with Crippen LogP contribution in [0.4, 0.5) is 10.5 Å². The number of carbonyl (C=O) groups excluding carboxylic acids is 2. The number of nitrogens with zero attached hydrogens (tertiary/aromatic N) is 2. The maximum atomic E-state index is 13.3. The highest BCUT2D eigenvalue weighted by Crippen LogP contribution is 2.27. The number of sulfonamides is 1. The fraction of sp³-hybridized carbons (Fsp3) is 0.652. The fourth-order valence-electron chi connectivity index (χ4n) is 3.70. The summed E-state index contributed by atoms with van der Waals surface area (Å²) in [6.07, 6.45) is -0.318. The van der Waals surface area contributed by atoms with Gasteiger partial charge in [-0.05, 0) is 45.9 Å². The largest absolute Gasteiger partial charge is 0.491 e. The molecular weight excluding hydrogens is 460 g/mol. The number of amides is 3. The van der Waals surface area contributed by atoms with Crippen molar-refractivity contribution in [3.8, 4) is 5.75 Å². The van der Waals surface area contributed by atoms with Crippen LogP contribution in [0.25, 0.3) is 0 Å². The number of hydrogen-bond donors (Lipinski definition) is 2. The molecule has 3 amide bonds. The molecule has 0 aliphatic carbocycles. The summed E-state index contributed by atoms with van der Waals surface area (Å²) in [5.74, 6) is -0.158. The van der Waals surface area contributed by atoms with Gasteiger partial charge < -0.3 is 24.6 Å². The lowest BCUT2D eigenvalue weighted by molar-refractivity contribution is 0.0165. The molecule has 1 heterocycles. The molecule has 2 N–H and O–H groups in total. The summed E-state index contributed by atoms with van der Waals surface area (Å²) in [6, 6.07) is 4.09. The van der Waals surface area contributed by atoms with Crippen molar-refractivity contribution in [2.24, 2.45) is 5.92 Å². The van der Waals surface area contributed by atoms with Gasteiger partial charge in [-0.15, -0.1) is 0 Å². The maximum absolute atomic E-state index is 13.3. The Labute approximate surface area is 203 Å². The van der Waals surface area contributed by atoms with Crippen molar-refractivity contribution in [2.45, 2.75) is 52.8 Å². The van der Waals surface area contributed by atoms with Gasteiger partial charge in [0, 0.05) is 44.9 Å². The van der Waals surface area contributed by atoms with Gasteiger partial charge in [-0.1, -0.05) is 6.92 Å². The van der Waals surface area contributed by atoms with E-state index in [0.717, 1.165) is 0 Å². The predicted molar refractivity (Wildman–Crippen MR) is 132 cm³/mol. The van der Waals surface area contributed by atoms with E-state index in [-0.39, 0.29) is 66.2 Å². The van der Waals surface area contributed by atoms with Gasteiger partial charge in [-0.3, -0.25) is 9.52 Å². The van der Waals surface area contributed by atoms with Crippen LogP contribution in [0.2, 0.25) is 0 Å². The van der Waals surface area contributed by atoms with Gasteiger partial charge in [0.15, 0.2) is 0 Å². The monoisotopic (exact) mass is 498 g/mol. The molecule has 0 unspecified atom stereocenters. The Bertz CT molecular complexity index is 968. The normalized spacial score (nSPS) is 22.4. The van der Waals surface area contributed by atoms with E-state index >= 15 is 0 Å². The van der Waals surface area contributed by atoms with Crippen LogP contribution in [0.3, 0.4) is 0 Å². The van der Waals surface area contributed by atoms with E-state index in [2.05, 4.69) is 10.0 Å². The molecule has 0 radical (unpaired) electrons. The summed E-state index contributed by atoms with van der Waals surface area (Å²) >= 11 is 0. The van der Waals surface area contributed by atoms with E-state index in [1.165, 1.54) is 17.9 Å². The number of ether oxygens (including phenoxy) is 2. The van der Waals surface area contributed by atoms with Crippen LogP contribution in [-0.4, -0.2) is 88.0 Å². The molecule has 0 spiro atoms. The Morgan fingerprint density at radius 3 is 2.53 bits per heavy atom. The molecular formula is C23H38N4O6S. The molecule has 3 atom stereocenters. The number of rotatable bonds is 5. The smallest absolute Gasteiger partial charge is 0.317 e. The number of methoxy groups -OCH3 is 1. The number of nitrogens with one attached hydrogen (secondary N) is 2. The Kier molecular flexibility index (Phi) is 9.57. The molecule has 34 heavy (non-hydrogen) atoms. The van der Waals surface area contributed by atoms with E-state index in [0.29, 0.717) is 12.3 Å². The lowest BCUT2D eigenvalue weighted by Gasteiger charge is -2.36. The van der Waals surface area contributed by atoms with Crippen molar-refractivity contribution in [1.82, 2.24) is 15.1 Å². The molecule has 10 nitrogen and oxygen atoms in total. The van der Waals surface area contributed by atoms with Crippen molar-refractivity contribution >= 4 is 27.6 Å². The molecule has 0 saturated carbocycles. The Hall–Kier alpha value is -2.53. The van der Waals surface area contributed by atoms with E-state index in [9.17, 15) is 18.0 Å². The minimum absolute atomic E-state index is 0.0228. The van der Waals surface area contributed by atoms with Crippen LogP contribution in [0.15, 0.2) is 18.2 Å². The van der Waals surface area contributed by atoms with Crippen molar-refractivity contribution in [3.63, 3.8) is 0 Å². The SMILES string of the molecule is CCS(=O)(=O)Nc1ccc2c(c1)C(=O)N(C)C[C@H](OC)[C@H](C)CN(C(=O)NC(C)C)[C@H](C)CO2. The Morgan fingerprint density at radius 1 is 1.26 bits per heavy atom. The highest BCUT2D eigenvalue weighted by molar-refractivity contribution is 7.92. The predicted octanol–water partition coefficient (Wildman–Crippen LogP) is 2.37. The van der Waals surface area contributed by atoms with Crippen LogP contribution in [0.1, 0.15) is 45.0 Å². The molecule has 11 heteroatoms. The zero-order valence-corrected chi connectivity index (χ0v) is 21.9. The summed E-state index contributed by atoms with van der Waals surface area (Å²) in [5.41, 5.74) is 0.507. The molecule has 0 saturated heterocycles. The number of likely N-dealkylation sites (N-methyl/N-ethyl adjacent to an activating group) is 1. The van der Waals surface area contributed by atoms with Crippen LogP contribution in [0.5, 0.6) is 5.75 Å². The van der Waals surface area contributed by atoms with E-state index in [1.54, 1.807) is 31.2 Å². The Morgan fingerprint density at radius 2 is 1.94 bits per heavy atom. The zero-order chi connectivity index (χ0) is 25.6. The maximum Gasteiger partial charge on any atom is 0.317 e. The number of carbonyl (C=O) groups is 2. The van der Waals surface area contributed by atoms with E-state index in [1.807, 2.05) is 27.7 Å². The first-order chi connectivity index (χ1) is 15.9. The molecule has 1 aliphatic heterocycles. The second kappa shape index (κ2) is 11.7. The Balaban J connectivity index is 2.47. The molecule has 0 bridgehead atoms. The summed E-state index contributed by atoms with van der Waals surface area (Å²) < 4.78 is 38.2. The first-order valence-electron chi connectivity index (χ1n) is 11.5. The summed E-state index contributed by atoms with van der Waals surface area (Å²) in [4.78, 5) is 29.5. The third-order valence-corrected chi connectivity index (χ3v) is 7.08. The van der Waals surface area contributed by atoms with Crippen molar-refractivity contribution in [1.29, 1.82) is 0 Å². The fourth-order valence-corrected chi connectivity index (χ4v) is 4.33. The minimum Gasteiger partial charge on any atom is -0.491 e. The highest BCUT2D eigenvalue weighted by atomic mass is 32.2. The van der Waals surface area contributed by atoms with Crippen LogP contribution in [-0.2, 0) is 14.8 Å². The van der Waals surface area contributed by atoms with Gasteiger partial charge in [0.25, 0.3) is 5.91 Å². The topological polar surface area (TPSA) is 117 Å². The number of anilines is 1. The van der Waals surface area contributed by atoms with Gasteiger partial charge in [-0.2, -0.15) is 0 Å². The lowest BCUT2D eigenvalue weighted by atomic mass is 10.0. The van der Waals surface area contributed by atoms with Gasteiger partial charge in [-0.25, -0.2) is 13.2 Å². The molecule has 0 aromatic heterocycles. The van der Waals surface area contributed by atoms with E-state index in [4.69, 9.17) is 9.47 Å². The second-order valence-corrected chi connectivity index (χ2v) is 11.1. The van der Waals surface area contributed by atoms with Crippen molar-refractivity contribution in [2.75, 3.05) is 44.3 Å². The third kappa shape index (κ3) is 7.23. The zero-order valence-electron chi connectivity index (χ0n) is 21.1. The van der Waals surface area contributed by atoms with Crippen LogP contribution in [0, 0.1) is 5.92 Å². The quantitative estimate of drug-likeness (QED) is 0.644. The molecule has 192 valence electrons. The minimum atomic E-state index is -3.51. The highest BCUT2D eigenvalue weighted by Gasteiger charge is 2.30.